The molecule has 0 saturated carbocycles. The molecule has 0 radical (unpaired) electrons. The standard InChI is InChI=1S/C14H15NO/c1-2-3-4-5-14(16)11-8-12-6-9-13(15)10-7-12/h1,6-11H,3-5,15H2/b11-8+. The van der Waals surface area contributed by atoms with Crippen molar-refractivity contribution in [1.29, 1.82) is 0 Å². The first-order valence-electron chi connectivity index (χ1n) is 5.22. The van der Waals surface area contributed by atoms with Gasteiger partial charge in [0.25, 0.3) is 0 Å². The van der Waals surface area contributed by atoms with E-state index in [0.717, 1.165) is 17.7 Å². The van der Waals surface area contributed by atoms with Gasteiger partial charge in [-0.05, 0) is 30.2 Å². The first-order chi connectivity index (χ1) is 7.72. The highest BCUT2D eigenvalue weighted by molar-refractivity contribution is 5.93. The van der Waals surface area contributed by atoms with Crippen LogP contribution in [0.25, 0.3) is 6.08 Å². The summed E-state index contributed by atoms with van der Waals surface area (Å²) in [4.78, 5) is 11.4. The lowest BCUT2D eigenvalue weighted by Crippen LogP contribution is -1.91. The maximum atomic E-state index is 11.4. The van der Waals surface area contributed by atoms with Crippen molar-refractivity contribution >= 4 is 17.5 Å². The summed E-state index contributed by atoms with van der Waals surface area (Å²) in [5.74, 6) is 2.62. The third-order valence-corrected chi connectivity index (χ3v) is 2.14. The molecule has 2 nitrogen and oxygen atoms in total. The highest BCUT2D eigenvalue weighted by atomic mass is 16.1. The Bertz CT molecular complexity index is 409. The highest BCUT2D eigenvalue weighted by Crippen LogP contribution is 2.07. The molecule has 0 aliphatic carbocycles. The van der Waals surface area contributed by atoms with Gasteiger partial charge in [-0.1, -0.05) is 18.2 Å². The average Bonchev–Trinajstić information content (AvgIpc) is 2.29. The maximum absolute atomic E-state index is 11.4. The van der Waals surface area contributed by atoms with Crippen molar-refractivity contribution in [3.05, 3.63) is 35.9 Å². The monoisotopic (exact) mass is 213 g/mol. The molecule has 16 heavy (non-hydrogen) atoms. The smallest absolute Gasteiger partial charge is 0.155 e. The summed E-state index contributed by atoms with van der Waals surface area (Å²) in [5.41, 5.74) is 7.25. The Kier molecular flexibility index (Phi) is 4.88. The van der Waals surface area contributed by atoms with Crippen LogP contribution in [0, 0.1) is 12.3 Å². The fourth-order valence-corrected chi connectivity index (χ4v) is 1.24. The minimum atomic E-state index is 0.104. The number of nitrogens with two attached hydrogens (primary N) is 1. The molecule has 0 spiro atoms. The van der Waals surface area contributed by atoms with Crippen LogP contribution in [0.5, 0.6) is 0 Å². The molecular formula is C14H15NO. The Morgan fingerprint density at radius 2 is 2.06 bits per heavy atom. The topological polar surface area (TPSA) is 43.1 Å². The molecule has 82 valence electrons. The van der Waals surface area contributed by atoms with Gasteiger partial charge >= 0.3 is 0 Å². The molecule has 2 heteroatoms. The van der Waals surface area contributed by atoms with Crippen molar-refractivity contribution in [3.8, 4) is 12.3 Å². The summed E-state index contributed by atoms with van der Waals surface area (Å²) >= 11 is 0. The Balaban J connectivity index is 2.44. The van der Waals surface area contributed by atoms with Crippen molar-refractivity contribution < 1.29 is 4.79 Å². The number of terminal acetylenes is 1. The van der Waals surface area contributed by atoms with Crippen LogP contribution < -0.4 is 5.73 Å². The number of hydrogen-bond acceptors (Lipinski definition) is 2. The molecule has 1 aromatic rings. The zero-order valence-electron chi connectivity index (χ0n) is 9.15. The third kappa shape index (κ3) is 4.47. The van der Waals surface area contributed by atoms with E-state index in [9.17, 15) is 4.79 Å². The molecule has 1 rings (SSSR count). The lowest BCUT2D eigenvalue weighted by molar-refractivity contribution is -0.114. The van der Waals surface area contributed by atoms with Crippen molar-refractivity contribution in [2.45, 2.75) is 19.3 Å². The van der Waals surface area contributed by atoms with E-state index in [1.54, 1.807) is 12.2 Å². The van der Waals surface area contributed by atoms with Crippen LogP contribution in [0.1, 0.15) is 24.8 Å². The predicted molar refractivity (Wildman–Crippen MR) is 67.6 cm³/mol. The van der Waals surface area contributed by atoms with E-state index in [0.29, 0.717) is 12.8 Å². The summed E-state index contributed by atoms with van der Waals surface area (Å²) in [5, 5.41) is 0. The van der Waals surface area contributed by atoms with Crippen molar-refractivity contribution in [3.63, 3.8) is 0 Å². The van der Waals surface area contributed by atoms with Gasteiger partial charge in [0, 0.05) is 18.5 Å². The van der Waals surface area contributed by atoms with Gasteiger partial charge in [-0.25, -0.2) is 0 Å². The van der Waals surface area contributed by atoms with E-state index < -0.39 is 0 Å². The van der Waals surface area contributed by atoms with E-state index >= 15 is 0 Å². The van der Waals surface area contributed by atoms with E-state index in [4.69, 9.17) is 12.2 Å². The number of rotatable bonds is 5. The second-order valence-electron chi connectivity index (χ2n) is 3.52. The zero-order valence-corrected chi connectivity index (χ0v) is 9.15. The van der Waals surface area contributed by atoms with Gasteiger partial charge in [-0.2, -0.15) is 0 Å². The number of carbonyl (C=O) groups is 1. The first-order valence-corrected chi connectivity index (χ1v) is 5.22. The van der Waals surface area contributed by atoms with Gasteiger partial charge in [0.15, 0.2) is 5.78 Å². The summed E-state index contributed by atoms with van der Waals surface area (Å²) in [6, 6.07) is 7.37. The lowest BCUT2D eigenvalue weighted by Gasteiger charge is -1.95. The minimum Gasteiger partial charge on any atom is -0.399 e. The molecule has 0 bridgehead atoms. The molecule has 0 aliphatic heterocycles. The van der Waals surface area contributed by atoms with Gasteiger partial charge < -0.3 is 5.73 Å². The minimum absolute atomic E-state index is 0.104. The number of allylic oxidation sites excluding steroid dienone is 1. The van der Waals surface area contributed by atoms with Crippen LogP contribution >= 0.6 is 0 Å². The van der Waals surface area contributed by atoms with Crippen LogP contribution in [0.15, 0.2) is 30.3 Å². The lowest BCUT2D eigenvalue weighted by atomic mass is 10.1. The van der Waals surface area contributed by atoms with Gasteiger partial charge in [0.1, 0.15) is 0 Å². The van der Waals surface area contributed by atoms with Crippen LogP contribution in [0.4, 0.5) is 5.69 Å². The Hall–Kier alpha value is -2.01. The normalized spacial score (nSPS) is 10.2. The molecule has 1 aromatic carbocycles. The van der Waals surface area contributed by atoms with Gasteiger partial charge in [0.2, 0.25) is 0 Å². The third-order valence-electron chi connectivity index (χ3n) is 2.14. The molecule has 0 atom stereocenters. The van der Waals surface area contributed by atoms with Crippen LogP contribution in [-0.4, -0.2) is 5.78 Å². The van der Waals surface area contributed by atoms with Crippen LogP contribution in [0.2, 0.25) is 0 Å². The Morgan fingerprint density at radius 1 is 1.38 bits per heavy atom. The largest absolute Gasteiger partial charge is 0.399 e. The number of nitrogen functional groups attached to an aromatic ring is 1. The molecular weight excluding hydrogens is 198 g/mol. The van der Waals surface area contributed by atoms with E-state index in [2.05, 4.69) is 5.92 Å². The SMILES string of the molecule is C#CCCCC(=O)/C=C/c1ccc(N)cc1. The Labute approximate surface area is 96.2 Å². The summed E-state index contributed by atoms with van der Waals surface area (Å²) < 4.78 is 0. The second-order valence-corrected chi connectivity index (χ2v) is 3.52. The Morgan fingerprint density at radius 3 is 2.69 bits per heavy atom. The number of anilines is 1. The van der Waals surface area contributed by atoms with E-state index in [1.807, 2.05) is 24.3 Å². The molecule has 0 unspecified atom stereocenters. The van der Waals surface area contributed by atoms with E-state index in [1.165, 1.54) is 0 Å². The zero-order chi connectivity index (χ0) is 11.8. The van der Waals surface area contributed by atoms with Gasteiger partial charge in [-0.15, -0.1) is 12.3 Å². The molecule has 0 amide bonds. The average molecular weight is 213 g/mol. The first kappa shape index (κ1) is 12.1. The molecule has 2 N–H and O–H groups in total. The van der Waals surface area contributed by atoms with Gasteiger partial charge in [0.05, 0.1) is 0 Å². The van der Waals surface area contributed by atoms with Crippen molar-refractivity contribution in [2.24, 2.45) is 0 Å². The molecule has 0 fully saturated rings. The second kappa shape index (κ2) is 6.47. The fraction of sp³-hybridized carbons (Fsp3) is 0.214. The summed E-state index contributed by atoms with van der Waals surface area (Å²) in [6.45, 7) is 0. The van der Waals surface area contributed by atoms with Crippen LogP contribution in [0.3, 0.4) is 0 Å². The quantitative estimate of drug-likeness (QED) is 0.353. The highest BCUT2D eigenvalue weighted by Gasteiger charge is 1.95. The van der Waals surface area contributed by atoms with E-state index in [-0.39, 0.29) is 5.78 Å². The molecule has 0 aromatic heterocycles. The molecule has 0 aliphatic rings. The fourth-order valence-electron chi connectivity index (χ4n) is 1.24. The van der Waals surface area contributed by atoms with Crippen molar-refractivity contribution in [1.82, 2.24) is 0 Å². The maximum Gasteiger partial charge on any atom is 0.155 e. The van der Waals surface area contributed by atoms with Gasteiger partial charge in [-0.3, -0.25) is 4.79 Å². The van der Waals surface area contributed by atoms with Crippen LogP contribution in [-0.2, 0) is 4.79 Å². The molecule has 0 saturated heterocycles. The summed E-state index contributed by atoms with van der Waals surface area (Å²) in [7, 11) is 0. The number of carbonyl (C=O) groups excluding carboxylic acids is 1. The molecule has 0 heterocycles. The summed E-state index contributed by atoms with van der Waals surface area (Å²) in [6.07, 6.45) is 10.4. The predicted octanol–water partition coefficient (Wildman–Crippen LogP) is 2.65. The number of hydrogen-bond donors (Lipinski definition) is 1. The number of benzene rings is 1. The number of ketones is 1. The van der Waals surface area contributed by atoms with Crippen molar-refractivity contribution in [2.75, 3.05) is 5.73 Å². The number of unbranched alkanes of at least 4 members (excludes halogenated alkanes) is 1.